The Bertz CT molecular complexity index is 1080. The number of methoxy groups -OCH3 is 1. The van der Waals surface area contributed by atoms with Gasteiger partial charge in [0.25, 0.3) is 11.8 Å². The molecule has 2 heterocycles. The van der Waals surface area contributed by atoms with Crippen molar-refractivity contribution in [1.29, 1.82) is 0 Å². The van der Waals surface area contributed by atoms with Crippen LogP contribution in [0.2, 0.25) is 0 Å². The van der Waals surface area contributed by atoms with Crippen molar-refractivity contribution in [3.05, 3.63) is 60.1 Å². The zero-order valence-electron chi connectivity index (χ0n) is 14.2. The summed E-state index contributed by atoms with van der Waals surface area (Å²) in [4.78, 5) is 0. The Kier molecular flexibility index (Phi) is 4.39. The number of halogens is 1. The molecule has 8 heteroatoms. The molecule has 0 fully saturated rings. The highest BCUT2D eigenvalue weighted by molar-refractivity contribution is 5.78. The third kappa shape index (κ3) is 3.06. The van der Waals surface area contributed by atoms with Crippen LogP contribution in [0.15, 0.2) is 57.5 Å². The van der Waals surface area contributed by atoms with Gasteiger partial charge in [0.2, 0.25) is 0 Å². The van der Waals surface area contributed by atoms with E-state index in [9.17, 15) is 9.50 Å². The maximum atomic E-state index is 13.4. The van der Waals surface area contributed by atoms with Crippen LogP contribution < -0.4 is 4.74 Å². The van der Waals surface area contributed by atoms with Gasteiger partial charge in [-0.15, -0.1) is 10.2 Å². The molecular weight excluding hydrogens is 353 g/mol. The molecule has 136 valence electrons. The highest BCUT2D eigenvalue weighted by atomic mass is 19.1. The average molecular weight is 367 g/mol. The number of hydrogen-bond donors (Lipinski definition) is 1. The van der Waals surface area contributed by atoms with Crippen molar-refractivity contribution < 1.29 is 23.2 Å². The molecule has 1 N–H and O–H groups in total. The zero-order valence-corrected chi connectivity index (χ0v) is 14.2. The highest BCUT2D eigenvalue weighted by Crippen LogP contribution is 2.36. The van der Waals surface area contributed by atoms with Crippen LogP contribution in [0.3, 0.4) is 0 Å². The highest BCUT2D eigenvalue weighted by Gasteiger charge is 2.24. The van der Waals surface area contributed by atoms with E-state index in [0.29, 0.717) is 16.8 Å². The first-order valence-electron chi connectivity index (χ1n) is 8.04. The first-order valence-corrected chi connectivity index (χ1v) is 8.04. The molecular formula is C19H14FN3O4. The Morgan fingerprint density at radius 3 is 2.59 bits per heavy atom. The van der Waals surface area contributed by atoms with Crippen LogP contribution in [0.4, 0.5) is 4.39 Å². The van der Waals surface area contributed by atoms with Gasteiger partial charge in [-0.1, -0.05) is 35.5 Å². The predicted molar refractivity (Wildman–Crippen MR) is 93.1 cm³/mol. The van der Waals surface area contributed by atoms with E-state index in [0.717, 1.165) is 5.56 Å². The lowest BCUT2D eigenvalue weighted by molar-refractivity contribution is 0.229. The summed E-state index contributed by atoms with van der Waals surface area (Å²) < 4.78 is 29.6. The Morgan fingerprint density at radius 1 is 1.07 bits per heavy atom. The Balaban J connectivity index is 1.82. The van der Waals surface area contributed by atoms with Crippen LogP contribution in [0.25, 0.3) is 34.2 Å². The molecule has 4 rings (SSSR count). The number of hydrogen-bond acceptors (Lipinski definition) is 7. The lowest BCUT2D eigenvalue weighted by Crippen LogP contribution is -1.89. The minimum atomic E-state index is -0.441. The van der Waals surface area contributed by atoms with Crippen molar-refractivity contribution in [1.82, 2.24) is 15.4 Å². The molecule has 0 aliphatic carbocycles. The van der Waals surface area contributed by atoms with Crippen molar-refractivity contribution in [2.24, 2.45) is 0 Å². The first kappa shape index (κ1) is 16.9. The number of ether oxygens (including phenoxy) is 1. The number of benzene rings is 2. The van der Waals surface area contributed by atoms with Crippen LogP contribution >= 0.6 is 0 Å². The van der Waals surface area contributed by atoms with Gasteiger partial charge < -0.3 is 18.8 Å². The van der Waals surface area contributed by atoms with E-state index in [1.54, 1.807) is 0 Å². The van der Waals surface area contributed by atoms with Gasteiger partial charge in [-0.05, 0) is 12.1 Å². The fraction of sp³-hybridized carbons (Fsp3) is 0.105. The summed E-state index contributed by atoms with van der Waals surface area (Å²) >= 11 is 0. The van der Waals surface area contributed by atoms with E-state index in [1.165, 1.54) is 25.3 Å². The SMILES string of the molecule is COc1cc(F)ccc1-c1nnc(-c2c(-c3ccccc3)noc2CO)o1. The van der Waals surface area contributed by atoms with Gasteiger partial charge >= 0.3 is 0 Å². The summed E-state index contributed by atoms with van der Waals surface area (Å²) in [6.07, 6.45) is 0. The molecule has 0 unspecified atom stereocenters. The van der Waals surface area contributed by atoms with Gasteiger partial charge in [-0.25, -0.2) is 4.39 Å². The van der Waals surface area contributed by atoms with Crippen molar-refractivity contribution in [2.45, 2.75) is 6.61 Å². The summed E-state index contributed by atoms with van der Waals surface area (Å²) in [7, 11) is 1.42. The minimum absolute atomic E-state index is 0.125. The molecule has 2 aromatic heterocycles. The van der Waals surface area contributed by atoms with Gasteiger partial charge in [0, 0.05) is 11.6 Å². The summed E-state index contributed by atoms with van der Waals surface area (Å²) in [6, 6.07) is 13.3. The third-order valence-electron chi connectivity index (χ3n) is 3.99. The molecule has 7 nitrogen and oxygen atoms in total. The number of aliphatic hydroxyl groups excluding tert-OH is 1. The molecule has 0 radical (unpaired) electrons. The molecule has 0 amide bonds. The van der Waals surface area contributed by atoms with Crippen LogP contribution in [0.1, 0.15) is 5.76 Å². The molecule has 0 bridgehead atoms. The molecule has 4 aromatic rings. The summed E-state index contributed by atoms with van der Waals surface area (Å²) in [6.45, 7) is -0.382. The number of aliphatic hydroxyl groups is 1. The predicted octanol–water partition coefficient (Wildman–Crippen LogP) is 3.70. The fourth-order valence-corrected chi connectivity index (χ4v) is 2.72. The van der Waals surface area contributed by atoms with E-state index in [4.69, 9.17) is 13.7 Å². The van der Waals surface area contributed by atoms with Crippen LogP contribution in [-0.4, -0.2) is 27.6 Å². The summed E-state index contributed by atoms with van der Waals surface area (Å²) in [5, 5.41) is 21.7. The molecule has 0 saturated carbocycles. The normalized spacial score (nSPS) is 10.9. The molecule has 0 saturated heterocycles. The van der Waals surface area contributed by atoms with Gasteiger partial charge in [0.1, 0.15) is 29.4 Å². The van der Waals surface area contributed by atoms with E-state index >= 15 is 0 Å². The van der Waals surface area contributed by atoms with Gasteiger partial charge in [0.15, 0.2) is 5.76 Å². The van der Waals surface area contributed by atoms with E-state index < -0.39 is 5.82 Å². The van der Waals surface area contributed by atoms with Crippen LogP contribution in [0.5, 0.6) is 5.75 Å². The van der Waals surface area contributed by atoms with Crippen molar-refractivity contribution in [3.63, 3.8) is 0 Å². The van der Waals surface area contributed by atoms with Gasteiger partial charge in [0.05, 0.1) is 12.7 Å². The molecule has 0 aliphatic heterocycles. The summed E-state index contributed by atoms with van der Waals surface area (Å²) in [5.41, 5.74) is 2.10. The lowest BCUT2D eigenvalue weighted by atomic mass is 10.1. The van der Waals surface area contributed by atoms with Crippen molar-refractivity contribution in [2.75, 3.05) is 7.11 Å². The van der Waals surface area contributed by atoms with E-state index in [-0.39, 0.29) is 29.9 Å². The number of nitrogens with zero attached hydrogens (tertiary/aromatic N) is 3. The van der Waals surface area contributed by atoms with Crippen LogP contribution in [-0.2, 0) is 6.61 Å². The number of rotatable bonds is 5. The lowest BCUT2D eigenvalue weighted by Gasteiger charge is -2.04. The van der Waals surface area contributed by atoms with E-state index in [1.807, 2.05) is 30.3 Å². The molecule has 0 spiro atoms. The second kappa shape index (κ2) is 7.00. The van der Waals surface area contributed by atoms with Crippen molar-refractivity contribution >= 4 is 0 Å². The third-order valence-corrected chi connectivity index (χ3v) is 3.99. The standard InChI is InChI=1S/C19H14FN3O4/c1-25-14-9-12(20)7-8-13(14)18-21-22-19(26-18)16-15(10-24)27-23-17(16)11-5-3-2-4-6-11/h2-9,24H,10H2,1H3. The van der Waals surface area contributed by atoms with Gasteiger partial charge in [-0.3, -0.25) is 0 Å². The maximum absolute atomic E-state index is 13.4. The van der Waals surface area contributed by atoms with Crippen molar-refractivity contribution in [3.8, 4) is 39.9 Å². The fourth-order valence-electron chi connectivity index (χ4n) is 2.72. The smallest absolute Gasteiger partial charge is 0.254 e. The maximum Gasteiger partial charge on any atom is 0.254 e. The minimum Gasteiger partial charge on any atom is -0.496 e. The second-order valence-corrected chi connectivity index (χ2v) is 5.61. The molecule has 0 atom stereocenters. The Hall–Kier alpha value is -3.52. The average Bonchev–Trinajstić information content (AvgIpc) is 3.35. The van der Waals surface area contributed by atoms with E-state index in [2.05, 4.69) is 15.4 Å². The summed E-state index contributed by atoms with van der Waals surface area (Å²) in [5.74, 6) is 0.297. The Morgan fingerprint density at radius 2 is 1.85 bits per heavy atom. The number of aromatic nitrogens is 3. The molecule has 2 aromatic carbocycles. The molecule has 27 heavy (non-hydrogen) atoms. The first-order chi connectivity index (χ1) is 13.2. The monoisotopic (exact) mass is 367 g/mol. The molecule has 0 aliphatic rings. The quantitative estimate of drug-likeness (QED) is 0.575. The second-order valence-electron chi connectivity index (χ2n) is 5.61. The largest absolute Gasteiger partial charge is 0.496 e. The topological polar surface area (TPSA) is 94.4 Å². The zero-order chi connectivity index (χ0) is 18.8. The van der Waals surface area contributed by atoms with Gasteiger partial charge in [-0.2, -0.15) is 0 Å². The van der Waals surface area contributed by atoms with Crippen LogP contribution in [0, 0.1) is 5.82 Å². The Labute approximate surface area is 153 Å².